The van der Waals surface area contributed by atoms with E-state index >= 15 is 0 Å². The van der Waals surface area contributed by atoms with E-state index < -0.39 is 11.7 Å². The van der Waals surface area contributed by atoms with E-state index in [4.69, 9.17) is 0 Å². The number of halogens is 2. The van der Waals surface area contributed by atoms with E-state index in [2.05, 4.69) is 21.2 Å². The number of rotatable bonds is 5. The number of amides is 1. The van der Waals surface area contributed by atoms with E-state index in [1.165, 1.54) is 24.3 Å². The average Bonchev–Trinajstić information content (AvgIpc) is 2.70. The zero-order valence-corrected chi connectivity index (χ0v) is 16.4. The Morgan fingerprint density at radius 2 is 1.64 bits per heavy atom. The Balaban J connectivity index is 1.89. The molecule has 0 heterocycles. The van der Waals surface area contributed by atoms with Crippen molar-refractivity contribution >= 4 is 33.6 Å². The van der Waals surface area contributed by atoms with E-state index in [9.17, 15) is 14.4 Å². The topological polar surface area (TPSA) is 52.9 Å². The van der Waals surface area contributed by atoms with Crippen LogP contribution < -0.4 is 5.32 Å². The van der Waals surface area contributed by atoms with Crippen molar-refractivity contribution in [1.29, 1.82) is 5.26 Å². The summed E-state index contributed by atoms with van der Waals surface area (Å²) >= 11 is 3.54. The number of para-hydroxylation sites is 1. The Kier molecular flexibility index (Phi) is 6.36. The fourth-order valence-corrected chi connectivity index (χ4v) is 3.16. The van der Waals surface area contributed by atoms with Crippen LogP contribution in [0.25, 0.3) is 6.08 Å². The van der Waals surface area contributed by atoms with E-state index in [1.54, 1.807) is 6.07 Å². The van der Waals surface area contributed by atoms with Crippen molar-refractivity contribution in [3.05, 3.63) is 105 Å². The minimum Gasteiger partial charge on any atom is -0.319 e. The van der Waals surface area contributed by atoms with Crippen molar-refractivity contribution in [3.8, 4) is 6.07 Å². The fraction of sp³-hybridized carbons (Fsp3) is 0.0435. The lowest BCUT2D eigenvalue weighted by Gasteiger charge is -2.09. The van der Waals surface area contributed by atoms with Crippen LogP contribution in [0.5, 0.6) is 0 Å². The van der Waals surface area contributed by atoms with E-state index in [0.29, 0.717) is 6.42 Å². The highest BCUT2D eigenvalue weighted by atomic mass is 79.9. The van der Waals surface area contributed by atoms with Gasteiger partial charge in [-0.1, -0.05) is 70.5 Å². The first-order chi connectivity index (χ1) is 13.6. The van der Waals surface area contributed by atoms with Crippen molar-refractivity contribution in [3.63, 3.8) is 0 Å². The van der Waals surface area contributed by atoms with E-state index in [0.717, 1.165) is 21.2 Å². The summed E-state index contributed by atoms with van der Waals surface area (Å²) in [7, 11) is 0. The zero-order chi connectivity index (χ0) is 19.9. The van der Waals surface area contributed by atoms with Gasteiger partial charge in [-0.3, -0.25) is 4.79 Å². The first-order valence-electron chi connectivity index (χ1n) is 8.57. The molecule has 0 aliphatic rings. The van der Waals surface area contributed by atoms with E-state index in [1.807, 2.05) is 54.6 Å². The van der Waals surface area contributed by atoms with E-state index in [-0.39, 0.29) is 11.3 Å². The quantitative estimate of drug-likeness (QED) is 0.412. The monoisotopic (exact) mass is 434 g/mol. The first-order valence-corrected chi connectivity index (χ1v) is 9.37. The van der Waals surface area contributed by atoms with Gasteiger partial charge < -0.3 is 5.32 Å². The maximum Gasteiger partial charge on any atom is 0.266 e. The van der Waals surface area contributed by atoms with Crippen molar-refractivity contribution in [1.82, 2.24) is 0 Å². The number of carbonyl (C=O) groups is 1. The highest BCUT2D eigenvalue weighted by molar-refractivity contribution is 9.10. The molecule has 28 heavy (non-hydrogen) atoms. The van der Waals surface area contributed by atoms with Gasteiger partial charge in [-0.2, -0.15) is 5.26 Å². The highest BCUT2D eigenvalue weighted by Crippen LogP contribution is 2.23. The maximum absolute atomic E-state index is 13.8. The van der Waals surface area contributed by atoms with Gasteiger partial charge in [-0.25, -0.2) is 4.39 Å². The molecule has 0 bridgehead atoms. The predicted octanol–water partition coefficient (Wildman–Crippen LogP) is 5.72. The summed E-state index contributed by atoms with van der Waals surface area (Å²) in [5.74, 6) is -1.20. The normalized spacial score (nSPS) is 11.0. The molecule has 0 fully saturated rings. The number of anilines is 1. The van der Waals surface area contributed by atoms with Gasteiger partial charge in [0.05, 0.1) is 5.69 Å². The number of nitrogens with one attached hydrogen (secondary N) is 1. The molecule has 0 aliphatic carbocycles. The molecule has 0 saturated carbocycles. The lowest BCUT2D eigenvalue weighted by Crippen LogP contribution is -2.14. The van der Waals surface area contributed by atoms with Crippen molar-refractivity contribution in [2.75, 3.05) is 5.32 Å². The summed E-state index contributed by atoms with van der Waals surface area (Å²) < 4.78 is 14.8. The summed E-state index contributed by atoms with van der Waals surface area (Å²) in [5, 5.41) is 11.9. The molecule has 3 aromatic carbocycles. The van der Waals surface area contributed by atoms with Gasteiger partial charge in [0.2, 0.25) is 0 Å². The summed E-state index contributed by atoms with van der Waals surface area (Å²) in [4.78, 5) is 12.4. The summed E-state index contributed by atoms with van der Waals surface area (Å²) in [6.45, 7) is 0. The molecule has 3 rings (SSSR count). The SMILES string of the molecule is N#C/C(=C\c1ccccc1Cc1ccccc1Br)C(=O)Nc1ccccc1F. The lowest BCUT2D eigenvalue weighted by atomic mass is 9.98. The molecule has 1 amide bonds. The molecule has 3 aromatic rings. The summed E-state index contributed by atoms with van der Waals surface area (Å²) in [5.41, 5.74) is 2.77. The second kappa shape index (κ2) is 9.12. The van der Waals surface area contributed by atoms with Gasteiger partial charge >= 0.3 is 0 Å². The Hall–Kier alpha value is -3.23. The molecule has 0 aromatic heterocycles. The molecular weight excluding hydrogens is 419 g/mol. The number of hydrogen-bond acceptors (Lipinski definition) is 2. The van der Waals surface area contributed by atoms with Gasteiger partial charge in [-0.05, 0) is 47.4 Å². The molecule has 5 heteroatoms. The number of benzene rings is 3. The Bertz CT molecular complexity index is 1090. The maximum atomic E-state index is 13.8. The molecule has 0 unspecified atom stereocenters. The molecule has 0 aliphatic heterocycles. The van der Waals surface area contributed by atoms with Crippen LogP contribution in [0.1, 0.15) is 16.7 Å². The van der Waals surface area contributed by atoms with Crippen LogP contribution in [0.4, 0.5) is 10.1 Å². The van der Waals surface area contributed by atoms with Gasteiger partial charge in [0.25, 0.3) is 5.91 Å². The number of hydrogen-bond donors (Lipinski definition) is 1. The molecule has 3 nitrogen and oxygen atoms in total. The number of nitrogens with zero attached hydrogens (tertiary/aromatic N) is 1. The molecule has 0 atom stereocenters. The van der Waals surface area contributed by atoms with Crippen LogP contribution in [0.15, 0.2) is 82.8 Å². The highest BCUT2D eigenvalue weighted by Gasteiger charge is 2.13. The lowest BCUT2D eigenvalue weighted by molar-refractivity contribution is -0.112. The van der Waals surface area contributed by atoms with Crippen LogP contribution in [0.3, 0.4) is 0 Å². The Morgan fingerprint density at radius 1 is 1.00 bits per heavy atom. The fourth-order valence-electron chi connectivity index (χ4n) is 2.74. The van der Waals surface area contributed by atoms with Crippen LogP contribution in [-0.4, -0.2) is 5.91 Å². The van der Waals surface area contributed by atoms with Crippen LogP contribution in [0.2, 0.25) is 0 Å². The van der Waals surface area contributed by atoms with Crippen molar-refractivity contribution in [2.45, 2.75) is 6.42 Å². The van der Waals surface area contributed by atoms with Crippen molar-refractivity contribution < 1.29 is 9.18 Å². The minimum atomic E-state index is -0.650. The molecule has 1 N–H and O–H groups in total. The smallest absolute Gasteiger partial charge is 0.266 e. The molecular formula is C23H16BrFN2O. The third kappa shape index (κ3) is 4.73. The van der Waals surface area contributed by atoms with Crippen LogP contribution >= 0.6 is 15.9 Å². The van der Waals surface area contributed by atoms with Crippen molar-refractivity contribution in [2.24, 2.45) is 0 Å². The second-order valence-corrected chi connectivity index (χ2v) is 6.93. The molecule has 0 radical (unpaired) electrons. The standard InChI is InChI=1S/C23H16BrFN2O/c24-20-10-4-3-9-18(20)13-16-7-1-2-8-17(16)14-19(15-26)23(28)27-22-12-6-5-11-21(22)25/h1-12,14H,13H2,(H,27,28)/b19-14+. The van der Waals surface area contributed by atoms with Crippen LogP contribution in [0, 0.1) is 17.1 Å². The third-order valence-corrected chi connectivity index (χ3v) is 4.95. The van der Waals surface area contributed by atoms with Gasteiger partial charge in [0, 0.05) is 4.47 Å². The minimum absolute atomic E-state index is 0.0372. The number of nitriles is 1. The predicted molar refractivity (Wildman–Crippen MR) is 112 cm³/mol. The Morgan fingerprint density at radius 3 is 2.36 bits per heavy atom. The third-order valence-electron chi connectivity index (χ3n) is 4.18. The Labute approximate surface area is 171 Å². The molecule has 0 spiro atoms. The number of carbonyl (C=O) groups excluding carboxylic acids is 1. The largest absolute Gasteiger partial charge is 0.319 e. The van der Waals surface area contributed by atoms with Crippen LogP contribution in [-0.2, 0) is 11.2 Å². The van der Waals surface area contributed by atoms with Gasteiger partial charge in [-0.15, -0.1) is 0 Å². The summed E-state index contributed by atoms with van der Waals surface area (Å²) in [6.07, 6.45) is 2.17. The molecule has 138 valence electrons. The van der Waals surface area contributed by atoms with Gasteiger partial charge in [0.15, 0.2) is 0 Å². The van der Waals surface area contributed by atoms with Gasteiger partial charge in [0.1, 0.15) is 17.5 Å². The zero-order valence-electron chi connectivity index (χ0n) is 14.8. The molecule has 0 saturated heterocycles. The summed E-state index contributed by atoms with van der Waals surface area (Å²) in [6, 6.07) is 23.2. The first kappa shape index (κ1) is 19.5. The average molecular weight is 435 g/mol. The second-order valence-electron chi connectivity index (χ2n) is 6.07.